The van der Waals surface area contributed by atoms with Gasteiger partial charge in [0.05, 0.1) is 6.07 Å². The molecule has 2 aromatic heterocycles. The van der Waals surface area contributed by atoms with E-state index in [4.69, 9.17) is 10.2 Å². The summed E-state index contributed by atoms with van der Waals surface area (Å²) in [5.41, 5.74) is 1.69. The molecule has 0 unspecified atom stereocenters. The van der Waals surface area contributed by atoms with E-state index in [2.05, 4.69) is 22.8 Å². The number of fused-ring (bicyclic) bond motifs is 1. The molecular weight excluding hydrogens is 414 g/mol. The molecule has 33 heavy (non-hydrogen) atoms. The number of benzene rings is 1. The second-order valence-electron chi connectivity index (χ2n) is 9.06. The topological polar surface area (TPSA) is 85.6 Å². The molecule has 2 heterocycles. The van der Waals surface area contributed by atoms with Gasteiger partial charge in [0.1, 0.15) is 5.82 Å². The monoisotopic (exact) mass is 447 g/mol. The number of imidazole rings is 1. The fourth-order valence-electron chi connectivity index (χ4n) is 5.00. The third-order valence-electron chi connectivity index (χ3n) is 6.67. The molecule has 3 aromatic rings. The first-order chi connectivity index (χ1) is 16.2. The highest BCUT2D eigenvalue weighted by Gasteiger charge is 2.27. The predicted octanol–water partition coefficient (Wildman–Crippen LogP) is 4.56. The Hall–Kier alpha value is -3.14. The summed E-state index contributed by atoms with van der Waals surface area (Å²) in [5.74, 6) is 1.26. The third-order valence-corrected chi connectivity index (χ3v) is 6.67. The van der Waals surface area contributed by atoms with Crippen molar-refractivity contribution in [2.75, 3.05) is 0 Å². The lowest BCUT2D eigenvalue weighted by Crippen LogP contribution is -2.40. The Balaban J connectivity index is 1.87. The number of nitriles is 1. The number of unbranched alkanes of at least 4 members (excludes halogenated alkanes) is 3. The summed E-state index contributed by atoms with van der Waals surface area (Å²) in [5, 5.41) is 8.80. The number of rotatable bonds is 10. The Kier molecular flexibility index (Phi) is 7.43. The van der Waals surface area contributed by atoms with Crippen molar-refractivity contribution in [3.05, 3.63) is 62.6 Å². The van der Waals surface area contributed by atoms with Crippen molar-refractivity contribution >= 4 is 11.2 Å². The van der Waals surface area contributed by atoms with Gasteiger partial charge >= 0.3 is 5.69 Å². The van der Waals surface area contributed by atoms with Gasteiger partial charge in [0.25, 0.3) is 5.56 Å². The molecule has 1 aliphatic carbocycles. The van der Waals surface area contributed by atoms with Crippen LogP contribution in [-0.2, 0) is 19.6 Å². The first-order valence-corrected chi connectivity index (χ1v) is 12.3. The van der Waals surface area contributed by atoms with Gasteiger partial charge in [-0.05, 0) is 37.7 Å². The maximum absolute atomic E-state index is 13.6. The van der Waals surface area contributed by atoms with Crippen LogP contribution in [0.2, 0.25) is 0 Å². The van der Waals surface area contributed by atoms with E-state index >= 15 is 0 Å². The average Bonchev–Trinajstić information content (AvgIpc) is 3.48. The molecule has 0 radical (unpaired) electrons. The molecule has 7 heteroatoms. The molecule has 174 valence electrons. The number of hydrogen-bond donors (Lipinski definition) is 0. The zero-order chi connectivity index (χ0) is 23.2. The molecule has 0 saturated heterocycles. The summed E-state index contributed by atoms with van der Waals surface area (Å²) in [4.78, 5) is 31.9. The predicted molar refractivity (Wildman–Crippen MR) is 129 cm³/mol. The maximum Gasteiger partial charge on any atom is 0.332 e. The van der Waals surface area contributed by atoms with Crippen molar-refractivity contribution in [1.82, 2.24) is 18.7 Å². The smallest absolute Gasteiger partial charge is 0.317 e. The van der Waals surface area contributed by atoms with E-state index < -0.39 is 0 Å². The van der Waals surface area contributed by atoms with Crippen LogP contribution in [0.4, 0.5) is 0 Å². The highest BCUT2D eigenvalue weighted by molar-refractivity contribution is 5.71. The van der Waals surface area contributed by atoms with Crippen LogP contribution in [0.25, 0.3) is 11.2 Å². The summed E-state index contributed by atoms with van der Waals surface area (Å²) < 4.78 is 5.18. The van der Waals surface area contributed by atoms with Gasteiger partial charge in [-0.15, -0.1) is 0 Å². The minimum Gasteiger partial charge on any atom is -0.317 e. The van der Waals surface area contributed by atoms with E-state index in [9.17, 15) is 9.59 Å². The van der Waals surface area contributed by atoms with Crippen LogP contribution < -0.4 is 11.2 Å². The van der Waals surface area contributed by atoms with Gasteiger partial charge in [-0.2, -0.15) is 5.26 Å². The van der Waals surface area contributed by atoms with Gasteiger partial charge < -0.3 is 4.57 Å². The molecule has 0 aliphatic heterocycles. The van der Waals surface area contributed by atoms with E-state index in [0.717, 1.165) is 43.5 Å². The SMILES string of the molecule is CCCn1c(=O)c2c(nc(C3CCCC3)n2Cc2ccccc2)n(CCCCCC#N)c1=O. The minimum absolute atomic E-state index is 0.231. The Bertz CT molecular complexity index is 1240. The van der Waals surface area contributed by atoms with Gasteiger partial charge in [-0.3, -0.25) is 13.9 Å². The van der Waals surface area contributed by atoms with Gasteiger partial charge in [0, 0.05) is 32.0 Å². The zero-order valence-corrected chi connectivity index (χ0v) is 19.5. The average molecular weight is 448 g/mol. The van der Waals surface area contributed by atoms with Crippen LogP contribution in [-0.4, -0.2) is 18.7 Å². The Morgan fingerprint density at radius 1 is 1.00 bits per heavy atom. The Morgan fingerprint density at radius 2 is 1.76 bits per heavy atom. The van der Waals surface area contributed by atoms with Crippen LogP contribution in [0.1, 0.15) is 82.0 Å². The first-order valence-electron chi connectivity index (χ1n) is 12.3. The van der Waals surface area contributed by atoms with E-state index in [1.807, 2.05) is 25.1 Å². The van der Waals surface area contributed by atoms with Gasteiger partial charge in [-0.1, -0.05) is 56.5 Å². The molecule has 0 atom stereocenters. The number of hydrogen-bond acceptors (Lipinski definition) is 4. The number of aromatic nitrogens is 4. The number of aryl methyl sites for hydroxylation is 1. The second kappa shape index (κ2) is 10.7. The fraction of sp³-hybridized carbons (Fsp3) is 0.538. The van der Waals surface area contributed by atoms with Crippen LogP contribution in [0, 0.1) is 11.3 Å². The van der Waals surface area contributed by atoms with Crippen molar-refractivity contribution in [2.45, 2.75) is 90.3 Å². The highest BCUT2D eigenvalue weighted by Crippen LogP contribution is 2.35. The lowest BCUT2D eigenvalue weighted by molar-refractivity contribution is 0.530. The van der Waals surface area contributed by atoms with E-state index in [1.54, 1.807) is 4.57 Å². The van der Waals surface area contributed by atoms with Gasteiger partial charge in [0.2, 0.25) is 0 Å². The maximum atomic E-state index is 13.6. The molecule has 1 saturated carbocycles. The van der Waals surface area contributed by atoms with Crippen LogP contribution in [0.5, 0.6) is 0 Å². The summed E-state index contributed by atoms with van der Waals surface area (Å²) in [6.45, 7) is 3.47. The van der Waals surface area contributed by atoms with Gasteiger partial charge in [0.15, 0.2) is 11.2 Å². The summed E-state index contributed by atoms with van der Waals surface area (Å²) in [7, 11) is 0. The molecular formula is C26H33N5O2. The van der Waals surface area contributed by atoms with Crippen LogP contribution in [0.3, 0.4) is 0 Å². The molecule has 7 nitrogen and oxygen atoms in total. The molecule has 1 aliphatic rings. The number of nitrogens with zero attached hydrogens (tertiary/aromatic N) is 5. The van der Waals surface area contributed by atoms with Crippen LogP contribution >= 0.6 is 0 Å². The van der Waals surface area contributed by atoms with Crippen molar-refractivity contribution < 1.29 is 0 Å². The van der Waals surface area contributed by atoms with E-state index in [-0.39, 0.29) is 11.2 Å². The standard InChI is InChI=1S/C26H33N5O2/c1-2-17-30-25(32)22-24(29(26(30)33)18-11-4-3-10-16-27)28-23(21-14-8-9-15-21)31(22)19-20-12-6-5-7-13-20/h5-7,12-13,21H,2-4,8-11,14-15,17-19H2,1H3. The fourth-order valence-corrected chi connectivity index (χ4v) is 5.00. The molecule has 1 fully saturated rings. The molecule has 0 amide bonds. The van der Waals surface area contributed by atoms with Gasteiger partial charge in [-0.25, -0.2) is 9.78 Å². The lowest BCUT2D eigenvalue weighted by Gasteiger charge is -2.14. The summed E-state index contributed by atoms with van der Waals surface area (Å²) in [6, 6.07) is 12.3. The highest BCUT2D eigenvalue weighted by atomic mass is 16.2. The quantitative estimate of drug-likeness (QED) is 0.426. The third kappa shape index (κ3) is 4.80. The minimum atomic E-state index is -0.267. The van der Waals surface area contributed by atoms with Crippen LogP contribution in [0.15, 0.2) is 39.9 Å². The molecule has 0 N–H and O–H groups in total. The lowest BCUT2D eigenvalue weighted by atomic mass is 10.1. The van der Waals surface area contributed by atoms with E-state index in [1.165, 1.54) is 17.4 Å². The summed E-state index contributed by atoms with van der Waals surface area (Å²) >= 11 is 0. The largest absolute Gasteiger partial charge is 0.332 e. The van der Waals surface area contributed by atoms with Crippen molar-refractivity contribution in [3.8, 4) is 6.07 Å². The first kappa shape index (κ1) is 23.0. The van der Waals surface area contributed by atoms with Crippen molar-refractivity contribution in [2.24, 2.45) is 0 Å². The second-order valence-corrected chi connectivity index (χ2v) is 9.06. The van der Waals surface area contributed by atoms with Crippen molar-refractivity contribution in [3.63, 3.8) is 0 Å². The summed E-state index contributed by atoms with van der Waals surface area (Å²) in [6.07, 6.45) is 8.19. The Morgan fingerprint density at radius 3 is 2.45 bits per heavy atom. The zero-order valence-electron chi connectivity index (χ0n) is 19.5. The normalized spacial score (nSPS) is 14.2. The molecule has 0 bridgehead atoms. The Labute approximate surface area is 194 Å². The van der Waals surface area contributed by atoms with Crippen molar-refractivity contribution in [1.29, 1.82) is 5.26 Å². The van der Waals surface area contributed by atoms with E-state index in [0.29, 0.717) is 49.6 Å². The molecule has 0 spiro atoms. The molecule has 1 aromatic carbocycles. The molecule has 4 rings (SSSR count).